The molecular formula is C23H29NO2. The number of aryl methyl sites for hydroxylation is 1. The maximum atomic E-state index is 13.0. The molecule has 3 nitrogen and oxygen atoms in total. The molecule has 0 aliphatic carbocycles. The average molecular weight is 351 g/mol. The van der Waals surface area contributed by atoms with Crippen molar-refractivity contribution >= 4 is 5.91 Å². The Morgan fingerprint density at radius 1 is 1.08 bits per heavy atom. The Balaban J connectivity index is 1.74. The SMILES string of the molecule is Cc1ccccc1[C@H](CC(=O)N1CCC(CCO)CC1)c1ccccc1. The highest BCUT2D eigenvalue weighted by Gasteiger charge is 2.26. The second-order valence-corrected chi connectivity index (χ2v) is 7.36. The molecule has 2 aromatic carbocycles. The number of benzene rings is 2. The quantitative estimate of drug-likeness (QED) is 0.850. The third kappa shape index (κ3) is 4.53. The Kier molecular flexibility index (Phi) is 6.45. The van der Waals surface area contributed by atoms with E-state index in [1.165, 1.54) is 16.7 Å². The van der Waals surface area contributed by atoms with Gasteiger partial charge in [-0.15, -0.1) is 0 Å². The molecule has 26 heavy (non-hydrogen) atoms. The van der Waals surface area contributed by atoms with Gasteiger partial charge in [0.15, 0.2) is 0 Å². The number of carbonyl (C=O) groups excluding carboxylic acids is 1. The lowest BCUT2D eigenvalue weighted by Crippen LogP contribution is -2.39. The van der Waals surface area contributed by atoms with Gasteiger partial charge in [0.2, 0.25) is 5.91 Å². The third-order valence-electron chi connectivity index (χ3n) is 5.65. The molecule has 3 rings (SSSR count). The Morgan fingerprint density at radius 3 is 2.38 bits per heavy atom. The van der Waals surface area contributed by atoms with Crippen LogP contribution >= 0.6 is 0 Å². The fourth-order valence-electron chi connectivity index (χ4n) is 4.03. The van der Waals surface area contributed by atoms with E-state index >= 15 is 0 Å². The lowest BCUT2D eigenvalue weighted by molar-refractivity contribution is -0.132. The molecule has 1 N–H and O–H groups in total. The summed E-state index contributed by atoms with van der Waals surface area (Å²) >= 11 is 0. The predicted molar refractivity (Wildman–Crippen MR) is 105 cm³/mol. The maximum absolute atomic E-state index is 13.0. The Labute approximate surface area is 156 Å². The first-order valence-corrected chi connectivity index (χ1v) is 9.68. The van der Waals surface area contributed by atoms with Crippen LogP contribution in [0.2, 0.25) is 0 Å². The number of carbonyl (C=O) groups is 1. The third-order valence-corrected chi connectivity index (χ3v) is 5.65. The Bertz CT molecular complexity index is 705. The van der Waals surface area contributed by atoms with Crippen molar-refractivity contribution < 1.29 is 9.90 Å². The molecule has 0 bridgehead atoms. The molecule has 3 heteroatoms. The Morgan fingerprint density at radius 2 is 1.73 bits per heavy atom. The van der Waals surface area contributed by atoms with E-state index in [4.69, 9.17) is 5.11 Å². The molecule has 1 atom stereocenters. The maximum Gasteiger partial charge on any atom is 0.223 e. The van der Waals surface area contributed by atoms with E-state index in [1.54, 1.807) is 0 Å². The molecular weight excluding hydrogens is 322 g/mol. The molecule has 1 aliphatic heterocycles. The molecule has 0 aromatic heterocycles. The molecule has 138 valence electrons. The van der Waals surface area contributed by atoms with Crippen LogP contribution < -0.4 is 0 Å². The van der Waals surface area contributed by atoms with Crippen molar-refractivity contribution in [2.75, 3.05) is 19.7 Å². The number of hydrogen-bond acceptors (Lipinski definition) is 2. The van der Waals surface area contributed by atoms with Crippen molar-refractivity contribution in [1.29, 1.82) is 0 Å². The second-order valence-electron chi connectivity index (χ2n) is 7.36. The van der Waals surface area contributed by atoms with Gasteiger partial charge in [0.25, 0.3) is 0 Å². The van der Waals surface area contributed by atoms with E-state index < -0.39 is 0 Å². The number of aliphatic hydroxyl groups is 1. The second kappa shape index (κ2) is 9.00. The van der Waals surface area contributed by atoms with E-state index in [1.807, 2.05) is 23.1 Å². The van der Waals surface area contributed by atoms with Gasteiger partial charge in [0, 0.05) is 32.0 Å². The van der Waals surface area contributed by atoms with E-state index in [2.05, 4.69) is 43.3 Å². The first kappa shape index (κ1) is 18.7. The van der Waals surface area contributed by atoms with Crippen LogP contribution in [0.25, 0.3) is 0 Å². The van der Waals surface area contributed by atoms with Gasteiger partial charge in [-0.1, -0.05) is 54.6 Å². The molecule has 2 aromatic rings. The monoisotopic (exact) mass is 351 g/mol. The van der Waals surface area contributed by atoms with Crippen molar-refractivity contribution in [1.82, 2.24) is 4.90 Å². The van der Waals surface area contributed by atoms with Crippen LogP contribution in [-0.4, -0.2) is 35.6 Å². The number of rotatable bonds is 6. The molecule has 1 amide bonds. The summed E-state index contributed by atoms with van der Waals surface area (Å²) < 4.78 is 0. The first-order chi connectivity index (χ1) is 12.7. The van der Waals surface area contributed by atoms with Gasteiger partial charge in [0.05, 0.1) is 0 Å². The number of hydrogen-bond donors (Lipinski definition) is 1. The molecule has 1 aliphatic rings. The summed E-state index contributed by atoms with van der Waals surface area (Å²) in [5.74, 6) is 0.898. The van der Waals surface area contributed by atoms with Crippen LogP contribution in [0.1, 0.15) is 48.3 Å². The van der Waals surface area contributed by atoms with Crippen molar-refractivity contribution in [3.8, 4) is 0 Å². The van der Waals surface area contributed by atoms with E-state index in [9.17, 15) is 4.79 Å². The largest absolute Gasteiger partial charge is 0.396 e. The fourth-order valence-corrected chi connectivity index (χ4v) is 4.03. The zero-order valence-corrected chi connectivity index (χ0v) is 15.6. The Hall–Kier alpha value is -2.13. The number of piperidine rings is 1. The number of likely N-dealkylation sites (tertiary alicyclic amines) is 1. The molecule has 0 radical (unpaired) electrons. The van der Waals surface area contributed by atoms with Crippen LogP contribution in [0.3, 0.4) is 0 Å². The summed E-state index contributed by atoms with van der Waals surface area (Å²) in [5, 5.41) is 9.11. The molecule has 1 fully saturated rings. The fraction of sp³-hybridized carbons (Fsp3) is 0.435. The topological polar surface area (TPSA) is 40.5 Å². The van der Waals surface area contributed by atoms with E-state index in [0.29, 0.717) is 12.3 Å². The minimum Gasteiger partial charge on any atom is -0.396 e. The van der Waals surface area contributed by atoms with Crippen molar-refractivity contribution in [2.24, 2.45) is 5.92 Å². The summed E-state index contributed by atoms with van der Waals surface area (Å²) in [6.45, 7) is 4.01. The summed E-state index contributed by atoms with van der Waals surface area (Å²) in [7, 11) is 0. The lowest BCUT2D eigenvalue weighted by Gasteiger charge is -2.33. The van der Waals surface area contributed by atoms with Crippen molar-refractivity contribution in [2.45, 2.75) is 38.5 Å². The lowest BCUT2D eigenvalue weighted by atomic mass is 9.85. The summed E-state index contributed by atoms with van der Waals surface area (Å²) in [6, 6.07) is 18.7. The number of amides is 1. The predicted octanol–water partition coefficient (Wildman–Crippen LogP) is 4.14. The van der Waals surface area contributed by atoms with Gasteiger partial charge >= 0.3 is 0 Å². The summed E-state index contributed by atoms with van der Waals surface area (Å²) in [6.07, 6.45) is 3.39. The standard InChI is InChI=1S/C23H29NO2/c1-18-7-5-6-10-21(18)22(20-8-3-2-4-9-20)17-23(26)24-14-11-19(12-15-24)13-16-25/h2-10,19,22,25H,11-17H2,1H3/t22-/m1/s1. The first-order valence-electron chi connectivity index (χ1n) is 9.68. The van der Waals surface area contributed by atoms with Gasteiger partial charge in [-0.2, -0.15) is 0 Å². The van der Waals surface area contributed by atoms with Crippen LogP contribution in [0.5, 0.6) is 0 Å². The summed E-state index contributed by atoms with van der Waals surface area (Å²) in [5.41, 5.74) is 3.67. The van der Waals surface area contributed by atoms with Crippen LogP contribution in [0.4, 0.5) is 0 Å². The smallest absolute Gasteiger partial charge is 0.223 e. The average Bonchev–Trinajstić information content (AvgIpc) is 2.68. The van der Waals surface area contributed by atoms with Crippen LogP contribution in [0, 0.1) is 12.8 Å². The van der Waals surface area contributed by atoms with Gasteiger partial charge in [-0.25, -0.2) is 0 Å². The minimum atomic E-state index is 0.0973. The molecule has 0 saturated carbocycles. The van der Waals surface area contributed by atoms with Gasteiger partial charge in [0.1, 0.15) is 0 Å². The zero-order valence-electron chi connectivity index (χ0n) is 15.6. The summed E-state index contributed by atoms with van der Waals surface area (Å²) in [4.78, 5) is 15.0. The van der Waals surface area contributed by atoms with Crippen molar-refractivity contribution in [3.05, 3.63) is 71.3 Å². The zero-order chi connectivity index (χ0) is 18.4. The highest BCUT2D eigenvalue weighted by atomic mass is 16.3. The molecule has 1 saturated heterocycles. The number of aliphatic hydroxyl groups excluding tert-OH is 1. The molecule has 0 unspecified atom stereocenters. The highest BCUT2D eigenvalue weighted by Crippen LogP contribution is 2.31. The highest BCUT2D eigenvalue weighted by molar-refractivity contribution is 5.78. The van der Waals surface area contributed by atoms with Gasteiger partial charge < -0.3 is 10.0 Å². The van der Waals surface area contributed by atoms with Crippen LogP contribution in [0.15, 0.2) is 54.6 Å². The molecule has 0 spiro atoms. The van der Waals surface area contributed by atoms with Crippen LogP contribution in [-0.2, 0) is 4.79 Å². The van der Waals surface area contributed by atoms with Gasteiger partial charge in [-0.3, -0.25) is 4.79 Å². The molecule has 1 heterocycles. The normalized spacial score (nSPS) is 16.5. The minimum absolute atomic E-state index is 0.0973. The van der Waals surface area contributed by atoms with E-state index in [0.717, 1.165) is 32.4 Å². The van der Waals surface area contributed by atoms with Gasteiger partial charge in [-0.05, 0) is 48.8 Å². The van der Waals surface area contributed by atoms with Crippen molar-refractivity contribution in [3.63, 3.8) is 0 Å². The van der Waals surface area contributed by atoms with E-state index in [-0.39, 0.29) is 18.4 Å². The number of nitrogens with zero attached hydrogens (tertiary/aromatic N) is 1.